The summed E-state index contributed by atoms with van der Waals surface area (Å²) in [6.45, 7) is 1.07. The van der Waals surface area contributed by atoms with Crippen LogP contribution in [-0.2, 0) is 11.2 Å². The van der Waals surface area contributed by atoms with E-state index >= 15 is 0 Å². The molecule has 0 saturated carbocycles. The smallest absolute Gasteiger partial charge is 0.277 e. The molecule has 10 nitrogen and oxygen atoms in total. The molecule has 2 aliphatic heterocycles. The van der Waals surface area contributed by atoms with Crippen molar-refractivity contribution in [3.8, 4) is 17.2 Å². The van der Waals surface area contributed by atoms with E-state index in [0.717, 1.165) is 12.1 Å². The summed E-state index contributed by atoms with van der Waals surface area (Å²) in [5.41, 5.74) is 8.50. The van der Waals surface area contributed by atoms with Crippen LogP contribution in [0.1, 0.15) is 39.4 Å². The number of ether oxygens (including phenoxy) is 2. The predicted octanol–water partition coefficient (Wildman–Crippen LogP) is 2.32. The molecule has 5 rings (SSSR count). The molecule has 0 aliphatic carbocycles. The minimum Gasteiger partial charge on any atom is -0.493 e. The van der Waals surface area contributed by atoms with E-state index in [0.29, 0.717) is 54.4 Å². The number of methoxy groups -OCH3 is 2. The van der Waals surface area contributed by atoms with Gasteiger partial charge >= 0.3 is 0 Å². The standard InChI is InChI=1S/C25H25N5O5/c1-34-19-10-9-17(14-20(19)35-2)30-23-18(22(27-30)24(26)32)11-13-29(25(23)33)16-7-5-15(6-8-16)28-12-3-4-21(28)31/h5-10,14H,3-4,11-13H2,1-2H3,(H2,26,32). The van der Waals surface area contributed by atoms with Gasteiger partial charge in [-0.2, -0.15) is 5.10 Å². The van der Waals surface area contributed by atoms with Crippen LogP contribution in [0.3, 0.4) is 0 Å². The Morgan fingerprint density at radius 2 is 1.54 bits per heavy atom. The summed E-state index contributed by atoms with van der Waals surface area (Å²) in [5, 5.41) is 4.40. The zero-order valence-corrected chi connectivity index (χ0v) is 19.5. The first-order chi connectivity index (χ1) is 16.9. The van der Waals surface area contributed by atoms with Crippen molar-refractivity contribution in [3.05, 3.63) is 59.4 Å². The highest BCUT2D eigenvalue weighted by Gasteiger charge is 2.35. The molecule has 10 heteroatoms. The van der Waals surface area contributed by atoms with E-state index in [2.05, 4.69) is 5.10 Å². The van der Waals surface area contributed by atoms with Crippen molar-refractivity contribution in [1.82, 2.24) is 9.78 Å². The molecule has 0 radical (unpaired) electrons. The Labute approximate surface area is 201 Å². The fraction of sp³-hybridized carbons (Fsp3) is 0.280. The number of hydrogen-bond acceptors (Lipinski definition) is 6. The van der Waals surface area contributed by atoms with Gasteiger partial charge in [-0.25, -0.2) is 4.68 Å². The molecule has 2 N–H and O–H groups in total. The van der Waals surface area contributed by atoms with E-state index in [1.54, 1.807) is 28.0 Å². The van der Waals surface area contributed by atoms with Crippen LogP contribution in [0.25, 0.3) is 5.69 Å². The second-order valence-corrected chi connectivity index (χ2v) is 8.36. The van der Waals surface area contributed by atoms with Gasteiger partial charge in [0.1, 0.15) is 5.69 Å². The molecule has 35 heavy (non-hydrogen) atoms. The average Bonchev–Trinajstić information content (AvgIpc) is 3.48. The van der Waals surface area contributed by atoms with Crippen molar-refractivity contribution in [3.63, 3.8) is 0 Å². The molecule has 3 aromatic rings. The van der Waals surface area contributed by atoms with Gasteiger partial charge in [0.05, 0.1) is 19.9 Å². The number of primary amides is 1. The van der Waals surface area contributed by atoms with Crippen molar-refractivity contribution in [2.75, 3.05) is 37.1 Å². The average molecular weight is 476 g/mol. The molecule has 0 bridgehead atoms. The summed E-state index contributed by atoms with van der Waals surface area (Å²) in [7, 11) is 3.05. The second-order valence-electron chi connectivity index (χ2n) is 8.36. The molecule has 1 saturated heterocycles. The van der Waals surface area contributed by atoms with Crippen LogP contribution in [0.2, 0.25) is 0 Å². The number of hydrogen-bond donors (Lipinski definition) is 1. The van der Waals surface area contributed by atoms with Gasteiger partial charge in [0, 0.05) is 42.5 Å². The highest BCUT2D eigenvalue weighted by atomic mass is 16.5. The number of carbonyl (C=O) groups is 3. The van der Waals surface area contributed by atoms with Gasteiger partial charge in [-0.05, 0) is 49.2 Å². The molecule has 0 unspecified atom stereocenters. The maximum absolute atomic E-state index is 13.7. The second kappa shape index (κ2) is 8.79. The van der Waals surface area contributed by atoms with Crippen molar-refractivity contribution in [2.45, 2.75) is 19.3 Å². The molecule has 1 aromatic heterocycles. The lowest BCUT2D eigenvalue weighted by molar-refractivity contribution is -0.117. The van der Waals surface area contributed by atoms with E-state index in [1.165, 1.54) is 18.9 Å². The lowest BCUT2D eigenvalue weighted by atomic mass is 10.0. The van der Waals surface area contributed by atoms with Gasteiger partial charge in [0.2, 0.25) is 5.91 Å². The Bertz CT molecular complexity index is 1330. The highest BCUT2D eigenvalue weighted by molar-refractivity contribution is 6.09. The molecule has 2 aromatic carbocycles. The fourth-order valence-electron chi connectivity index (χ4n) is 4.68. The summed E-state index contributed by atoms with van der Waals surface area (Å²) in [6.07, 6.45) is 1.81. The van der Waals surface area contributed by atoms with Gasteiger partial charge in [0.25, 0.3) is 11.8 Å². The molecule has 1 fully saturated rings. The predicted molar refractivity (Wildman–Crippen MR) is 129 cm³/mol. The Kier molecular flexibility index (Phi) is 5.64. The van der Waals surface area contributed by atoms with Crippen molar-refractivity contribution >= 4 is 29.1 Å². The molecule has 0 spiro atoms. The third kappa shape index (κ3) is 3.76. The van der Waals surface area contributed by atoms with Crippen molar-refractivity contribution in [2.24, 2.45) is 5.73 Å². The summed E-state index contributed by atoms with van der Waals surface area (Å²) >= 11 is 0. The lowest BCUT2D eigenvalue weighted by Crippen LogP contribution is -2.39. The van der Waals surface area contributed by atoms with Gasteiger partial charge in [0.15, 0.2) is 17.2 Å². The molecular weight excluding hydrogens is 450 g/mol. The van der Waals surface area contributed by atoms with Gasteiger partial charge in [-0.3, -0.25) is 14.4 Å². The first kappa shape index (κ1) is 22.5. The Morgan fingerprint density at radius 1 is 0.886 bits per heavy atom. The van der Waals surface area contributed by atoms with Crippen LogP contribution in [0.4, 0.5) is 11.4 Å². The van der Waals surface area contributed by atoms with E-state index in [4.69, 9.17) is 15.2 Å². The number of carbonyl (C=O) groups excluding carboxylic acids is 3. The normalized spacial score (nSPS) is 15.4. The van der Waals surface area contributed by atoms with E-state index < -0.39 is 5.91 Å². The minimum absolute atomic E-state index is 0.0747. The Balaban J connectivity index is 1.53. The number of fused-ring (bicyclic) bond motifs is 1. The van der Waals surface area contributed by atoms with Crippen LogP contribution in [0.5, 0.6) is 11.5 Å². The monoisotopic (exact) mass is 475 g/mol. The number of amides is 3. The molecule has 2 aliphatic rings. The van der Waals surface area contributed by atoms with E-state index in [1.807, 2.05) is 24.3 Å². The van der Waals surface area contributed by atoms with Crippen LogP contribution < -0.4 is 25.0 Å². The topological polar surface area (TPSA) is 120 Å². The van der Waals surface area contributed by atoms with Gasteiger partial charge in [-0.1, -0.05) is 0 Å². The molecule has 3 heterocycles. The first-order valence-corrected chi connectivity index (χ1v) is 11.3. The number of aromatic nitrogens is 2. The van der Waals surface area contributed by atoms with Crippen LogP contribution in [0.15, 0.2) is 42.5 Å². The molecule has 0 atom stereocenters. The van der Waals surface area contributed by atoms with Gasteiger partial charge < -0.3 is 25.0 Å². The lowest BCUT2D eigenvalue weighted by Gasteiger charge is -2.28. The highest BCUT2D eigenvalue weighted by Crippen LogP contribution is 2.33. The summed E-state index contributed by atoms with van der Waals surface area (Å²) in [4.78, 5) is 41.3. The maximum atomic E-state index is 13.7. The van der Waals surface area contributed by atoms with Gasteiger partial charge in [-0.15, -0.1) is 0 Å². The third-order valence-electron chi connectivity index (χ3n) is 6.41. The Hall–Kier alpha value is -4.34. The zero-order chi connectivity index (χ0) is 24.7. The van der Waals surface area contributed by atoms with E-state index in [9.17, 15) is 14.4 Å². The number of anilines is 2. The number of benzene rings is 2. The number of nitrogens with two attached hydrogens (primary N) is 1. The third-order valence-corrected chi connectivity index (χ3v) is 6.41. The zero-order valence-electron chi connectivity index (χ0n) is 19.5. The maximum Gasteiger partial charge on any atom is 0.277 e. The van der Waals surface area contributed by atoms with Crippen LogP contribution >= 0.6 is 0 Å². The molecular formula is C25H25N5O5. The summed E-state index contributed by atoms with van der Waals surface area (Å²) < 4.78 is 12.1. The quantitative estimate of drug-likeness (QED) is 0.584. The van der Waals surface area contributed by atoms with Crippen molar-refractivity contribution < 1.29 is 23.9 Å². The summed E-state index contributed by atoms with van der Waals surface area (Å²) in [5.74, 6) is 0.0978. The molecule has 3 amide bonds. The first-order valence-electron chi connectivity index (χ1n) is 11.3. The van der Waals surface area contributed by atoms with Crippen LogP contribution in [0, 0.1) is 0 Å². The number of rotatable bonds is 6. The SMILES string of the molecule is COc1ccc(-n2nc(C(N)=O)c3c2C(=O)N(c2ccc(N4CCCC4=O)cc2)CC3)cc1OC. The van der Waals surface area contributed by atoms with Crippen molar-refractivity contribution in [1.29, 1.82) is 0 Å². The minimum atomic E-state index is -0.693. The summed E-state index contributed by atoms with van der Waals surface area (Å²) in [6, 6.07) is 12.5. The van der Waals surface area contributed by atoms with E-state index in [-0.39, 0.29) is 23.2 Å². The number of nitrogens with zero attached hydrogens (tertiary/aromatic N) is 4. The van der Waals surface area contributed by atoms with Crippen LogP contribution in [-0.4, -0.2) is 54.8 Å². The fourth-order valence-corrected chi connectivity index (χ4v) is 4.68. The largest absolute Gasteiger partial charge is 0.493 e. The Morgan fingerprint density at radius 3 is 2.14 bits per heavy atom. The molecule has 180 valence electrons.